The maximum Gasteiger partial charge on any atom is 0.416 e. The van der Waals surface area contributed by atoms with Crippen LogP contribution in [0.3, 0.4) is 0 Å². The number of alkyl halides is 3. The van der Waals surface area contributed by atoms with E-state index in [9.17, 15) is 32.9 Å². The fourth-order valence-electron chi connectivity index (χ4n) is 2.47. The van der Waals surface area contributed by atoms with E-state index < -0.39 is 22.6 Å². The summed E-state index contributed by atoms with van der Waals surface area (Å²) in [6.45, 7) is 0.180. The lowest BCUT2D eigenvalue weighted by Crippen LogP contribution is -2.31. The minimum absolute atomic E-state index is 0.00411. The maximum atomic E-state index is 12.6. The number of halogens is 3. The minimum atomic E-state index is -4.41. The second kappa shape index (κ2) is 9.18. The summed E-state index contributed by atoms with van der Waals surface area (Å²) >= 11 is 0. The Kier molecular flexibility index (Phi) is 6.92. The van der Waals surface area contributed by atoms with Gasteiger partial charge in [0.2, 0.25) is 5.91 Å². The van der Waals surface area contributed by atoms with Gasteiger partial charge in [-0.15, -0.1) is 0 Å². The summed E-state index contributed by atoms with van der Waals surface area (Å²) in [6, 6.07) is 9.57. The van der Waals surface area contributed by atoms with Crippen molar-refractivity contribution in [3.05, 3.63) is 75.3 Å². The van der Waals surface area contributed by atoms with Gasteiger partial charge in [0, 0.05) is 44.3 Å². The Balaban J connectivity index is 1.80. The molecule has 0 spiro atoms. The number of nitro groups is 1. The molecule has 0 radical (unpaired) electrons. The predicted molar refractivity (Wildman–Crippen MR) is 98.0 cm³/mol. The monoisotopic (exact) mass is 409 g/mol. The second-order valence-corrected chi connectivity index (χ2v) is 6.25. The summed E-state index contributed by atoms with van der Waals surface area (Å²) in [5, 5.41) is 13.1. The number of hydrogen-bond acceptors (Lipinski definition) is 4. The van der Waals surface area contributed by atoms with Gasteiger partial charge in [0.1, 0.15) is 0 Å². The molecule has 7 nitrogen and oxygen atoms in total. The molecule has 2 aromatic rings. The van der Waals surface area contributed by atoms with Crippen molar-refractivity contribution < 1.29 is 27.7 Å². The fourth-order valence-corrected chi connectivity index (χ4v) is 2.47. The molecule has 10 heteroatoms. The first-order valence-corrected chi connectivity index (χ1v) is 8.50. The van der Waals surface area contributed by atoms with Gasteiger partial charge >= 0.3 is 6.18 Å². The van der Waals surface area contributed by atoms with E-state index in [0.29, 0.717) is 5.56 Å². The van der Waals surface area contributed by atoms with Crippen molar-refractivity contribution in [1.29, 1.82) is 0 Å². The molecule has 0 aromatic heterocycles. The molecule has 0 fully saturated rings. The van der Waals surface area contributed by atoms with Crippen LogP contribution in [-0.4, -0.2) is 35.2 Å². The van der Waals surface area contributed by atoms with E-state index in [-0.39, 0.29) is 36.7 Å². The molecule has 0 aliphatic heterocycles. The highest BCUT2D eigenvalue weighted by molar-refractivity contribution is 5.94. The van der Waals surface area contributed by atoms with E-state index >= 15 is 0 Å². The molecule has 0 aliphatic rings. The van der Waals surface area contributed by atoms with E-state index in [4.69, 9.17) is 0 Å². The summed E-state index contributed by atoms with van der Waals surface area (Å²) in [6.07, 6.45) is -4.42. The van der Waals surface area contributed by atoms with Gasteiger partial charge in [-0.2, -0.15) is 13.2 Å². The van der Waals surface area contributed by atoms with Gasteiger partial charge < -0.3 is 10.2 Å². The zero-order valence-corrected chi connectivity index (χ0v) is 15.4. The Morgan fingerprint density at radius 2 is 1.66 bits per heavy atom. The number of nitrogens with one attached hydrogen (secondary N) is 1. The van der Waals surface area contributed by atoms with Crippen LogP contribution in [-0.2, 0) is 17.5 Å². The number of carbonyl (C=O) groups is 2. The first-order valence-electron chi connectivity index (χ1n) is 8.50. The van der Waals surface area contributed by atoms with Gasteiger partial charge in [0.05, 0.1) is 10.5 Å². The SMILES string of the molecule is CN(Cc1ccc(C(F)(F)F)cc1)C(=O)CCNC(=O)c1ccc([N+](=O)[O-])cc1. The average molecular weight is 409 g/mol. The Morgan fingerprint density at radius 3 is 2.17 bits per heavy atom. The highest BCUT2D eigenvalue weighted by atomic mass is 19.4. The van der Waals surface area contributed by atoms with Crippen LogP contribution in [0.1, 0.15) is 27.9 Å². The van der Waals surface area contributed by atoms with Gasteiger partial charge in [-0.05, 0) is 29.8 Å². The molecule has 2 rings (SSSR count). The van der Waals surface area contributed by atoms with Crippen molar-refractivity contribution in [3.8, 4) is 0 Å². The van der Waals surface area contributed by atoms with Gasteiger partial charge in [-0.25, -0.2) is 0 Å². The Hall–Kier alpha value is -3.43. The third-order valence-electron chi connectivity index (χ3n) is 4.09. The standard InChI is InChI=1S/C19H18F3N3O4/c1-24(12-13-2-6-15(7-3-13)19(20,21)22)17(26)10-11-23-18(27)14-4-8-16(9-5-14)25(28)29/h2-9H,10-12H2,1H3,(H,23,27). The molecule has 0 saturated carbocycles. The lowest BCUT2D eigenvalue weighted by atomic mass is 10.1. The fraction of sp³-hybridized carbons (Fsp3) is 0.263. The lowest BCUT2D eigenvalue weighted by Gasteiger charge is -2.18. The van der Waals surface area contributed by atoms with E-state index in [1.165, 1.54) is 48.3 Å². The van der Waals surface area contributed by atoms with Crippen LogP contribution in [0, 0.1) is 10.1 Å². The summed E-state index contributed by atoms with van der Waals surface area (Å²) in [4.78, 5) is 35.5. The molecule has 0 heterocycles. The van der Waals surface area contributed by atoms with Gasteiger partial charge in [-0.3, -0.25) is 19.7 Å². The van der Waals surface area contributed by atoms with E-state index in [0.717, 1.165) is 12.1 Å². The molecule has 2 amide bonds. The Labute approximate surface area is 164 Å². The van der Waals surface area contributed by atoms with Crippen molar-refractivity contribution in [2.45, 2.75) is 19.1 Å². The maximum absolute atomic E-state index is 12.6. The molecule has 0 saturated heterocycles. The average Bonchev–Trinajstić information content (AvgIpc) is 2.67. The van der Waals surface area contributed by atoms with Gasteiger partial charge in [0.25, 0.3) is 11.6 Å². The summed E-state index contributed by atoms with van der Waals surface area (Å²) in [7, 11) is 1.51. The molecule has 0 unspecified atom stereocenters. The number of amides is 2. The van der Waals surface area contributed by atoms with Crippen molar-refractivity contribution in [2.24, 2.45) is 0 Å². The van der Waals surface area contributed by atoms with E-state index in [1.54, 1.807) is 0 Å². The van der Waals surface area contributed by atoms with Crippen LogP contribution in [0.5, 0.6) is 0 Å². The molecule has 0 bridgehead atoms. The Bertz CT molecular complexity index is 881. The molecule has 1 N–H and O–H groups in total. The van der Waals surface area contributed by atoms with Crippen molar-refractivity contribution in [3.63, 3.8) is 0 Å². The molecular weight excluding hydrogens is 391 g/mol. The number of carbonyl (C=O) groups excluding carboxylic acids is 2. The molecule has 2 aromatic carbocycles. The Morgan fingerprint density at radius 1 is 1.07 bits per heavy atom. The summed E-state index contributed by atoms with van der Waals surface area (Å²) < 4.78 is 37.7. The van der Waals surface area contributed by atoms with Gasteiger partial charge in [-0.1, -0.05) is 12.1 Å². The van der Waals surface area contributed by atoms with Crippen molar-refractivity contribution in [1.82, 2.24) is 10.2 Å². The topological polar surface area (TPSA) is 92.6 Å². The van der Waals surface area contributed by atoms with Crippen molar-refractivity contribution in [2.75, 3.05) is 13.6 Å². The number of nitrogens with zero attached hydrogens (tertiary/aromatic N) is 2. The third-order valence-corrected chi connectivity index (χ3v) is 4.09. The number of nitro benzene ring substituents is 1. The number of non-ortho nitro benzene ring substituents is 1. The van der Waals surface area contributed by atoms with Crippen LogP contribution in [0.4, 0.5) is 18.9 Å². The summed E-state index contributed by atoms with van der Waals surface area (Å²) in [5.41, 5.74) is -0.129. The largest absolute Gasteiger partial charge is 0.416 e. The number of hydrogen-bond donors (Lipinski definition) is 1. The highest BCUT2D eigenvalue weighted by Gasteiger charge is 2.30. The zero-order valence-electron chi connectivity index (χ0n) is 15.4. The van der Waals surface area contributed by atoms with E-state index in [2.05, 4.69) is 5.32 Å². The third kappa shape index (κ3) is 6.30. The molecule has 0 aliphatic carbocycles. The molecule has 29 heavy (non-hydrogen) atoms. The van der Waals surface area contributed by atoms with Crippen molar-refractivity contribution >= 4 is 17.5 Å². The quantitative estimate of drug-likeness (QED) is 0.560. The smallest absolute Gasteiger partial charge is 0.352 e. The molecular formula is C19H18F3N3O4. The summed E-state index contributed by atoms with van der Waals surface area (Å²) in [5.74, 6) is -0.771. The lowest BCUT2D eigenvalue weighted by molar-refractivity contribution is -0.384. The highest BCUT2D eigenvalue weighted by Crippen LogP contribution is 2.29. The van der Waals surface area contributed by atoms with Gasteiger partial charge in [0.15, 0.2) is 0 Å². The van der Waals surface area contributed by atoms with E-state index in [1.807, 2.05) is 0 Å². The minimum Gasteiger partial charge on any atom is -0.352 e. The number of benzene rings is 2. The predicted octanol–water partition coefficient (Wildman–Crippen LogP) is 3.39. The van der Waals surface area contributed by atoms with Crippen LogP contribution in [0.2, 0.25) is 0 Å². The first-order chi connectivity index (χ1) is 13.6. The van der Waals surface area contributed by atoms with Crippen LogP contribution >= 0.6 is 0 Å². The van der Waals surface area contributed by atoms with Crippen LogP contribution in [0.25, 0.3) is 0 Å². The zero-order chi connectivity index (χ0) is 21.6. The van der Waals surface area contributed by atoms with Crippen LogP contribution < -0.4 is 5.32 Å². The number of rotatable bonds is 7. The second-order valence-electron chi connectivity index (χ2n) is 6.25. The normalized spacial score (nSPS) is 11.0. The molecule has 0 atom stereocenters. The van der Waals surface area contributed by atoms with Crippen LogP contribution in [0.15, 0.2) is 48.5 Å². The molecule has 154 valence electrons. The first kappa shape index (κ1) is 21.9.